The Kier molecular flexibility index (Phi) is 2.30. The first-order valence-electron chi connectivity index (χ1n) is 6.72. The van der Waals surface area contributed by atoms with Crippen LogP contribution in [0.4, 0.5) is 5.69 Å². The van der Waals surface area contributed by atoms with E-state index in [0.29, 0.717) is 0 Å². The van der Waals surface area contributed by atoms with Gasteiger partial charge in [-0.1, -0.05) is 30.3 Å². The van der Waals surface area contributed by atoms with Gasteiger partial charge < -0.3 is 5.32 Å². The third-order valence-electron chi connectivity index (χ3n) is 3.76. The van der Waals surface area contributed by atoms with Crippen molar-refractivity contribution >= 4 is 16.6 Å². The Morgan fingerprint density at radius 2 is 2.00 bits per heavy atom. The molecule has 94 valence electrons. The van der Waals surface area contributed by atoms with Crippen LogP contribution in [0.5, 0.6) is 0 Å². The van der Waals surface area contributed by atoms with Crippen LogP contribution < -0.4 is 5.32 Å². The lowest BCUT2D eigenvalue weighted by Crippen LogP contribution is -2.14. The number of nitrogens with zero attached hydrogens (tertiary/aromatic N) is 2. The molecule has 1 aromatic heterocycles. The molecular formula is C16H15N3. The molecule has 3 nitrogen and oxygen atoms in total. The van der Waals surface area contributed by atoms with E-state index in [1.807, 2.05) is 16.9 Å². The summed E-state index contributed by atoms with van der Waals surface area (Å²) in [5.41, 5.74) is 4.94. The van der Waals surface area contributed by atoms with Gasteiger partial charge in [0.25, 0.3) is 0 Å². The Labute approximate surface area is 111 Å². The minimum atomic E-state index is 1.04. The first kappa shape index (κ1) is 10.6. The molecule has 1 aliphatic rings. The van der Waals surface area contributed by atoms with Gasteiger partial charge in [0.15, 0.2) is 0 Å². The molecule has 3 aromatic rings. The second kappa shape index (κ2) is 4.12. The number of fused-ring (bicyclic) bond motifs is 2. The van der Waals surface area contributed by atoms with Crippen LogP contribution in [0.25, 0.3) is 16.6 Å². The Hall–Kier alpha value is -2.29. The maximum Gasteiger partial charge on any atom is 0.0887 e. The van der Waals surface area contributed by atoms with E-state index in [-0.39, 0.29) is 0 Å². The molecular weight excluding hydrogens is 234 g/mol. The van der Waals surface area contributed by atoms with Crippen LogP contribution in [0, 0.1) is 0 Å². The lowest BCUT2D eigenvalue weighted by atomic mass is 10.0. The number of rotatable bonds is 1. The second-order valence-electron chi connectivity index (χ2n) is 4.96. The van der Waals surface area contributed by atoms with Gasteiger partial charge in [-0.2, -0.15) is 5.10 Å². The van der Waals surface area contributed by atoms with Crippen LogP contribution in [0.3, 0.4) is 0 Å². The Balaban J connectivity index is 1.97. The monoisotopic (exact) mass is 249 g/mol. The lowest BCUT2D eigenvalue weighted by Gasteiger charge is -2.21. The summed E-state index contributed by atoms with van der Waals surface area (Å²) < 4.78 is 2.03. The van der Waals surface area contributed by atoms with Crippen molar-refractivity contribution in [2.75, 3.05) is 11.9 Å². The third-order valence-corrected chi connectivity index (χ3v) is 3.76. The van der Waals surface area contributed by atoms with E-state index < -0.39 is 0 Å². The van der Waals surface area contributed by atoms with Gasteiger partial charge in [0.05, 0.1) is 23.1 Å². The number of aryl methyl sites for hydroxylation is 1. The number of hydrogen-bond donors (Lipinski definition) is 1. The summed E-state index contributed by atoms with van der Waals surface area (Å²) in [7, 11) is 0. The van der Waals surface area contributed by atoms with Crippen LogP contribution in [0.2, 0.25) is 0 Å². The minimum Gasteiger partial charge on any atom is -0.383 e. The van der Waals surface area contributed by atoms with E-state index in [1.54, 1.807) is 0 Å². The Bertz CT molecular complexity index is 743. The first-order valence-corrected chi connectivity index (χ1v) is 6.72. The molecule has 0 saturated heterocycles. The van der Waals surface area contributed by atoms with Gasteiger partial charge in [-0.15, -0.1) is 0 Å². The molecule has 4 rings (SSSR count). The molecule has 1 aliphatic heterocycles. The number of benzene rings is 2. The quantitative estimate of drug-likeness (QED) is 0.716. The van der Waals surface area contributed by atoms with Gasteiger partial charge >= 0.3 is 0 Å². The summed E-state index contributed by atoms with van der Waals surface area (Å²) in [6.07, 6.45) is 4.28. The highest BCUT2D eigenvalue weighted by molar-refractivity contribution is 5.82. The molecule has 0 unspecified atom stereocenters. The summed E-state index contributed by atoms with van der Waals surface area (Å²) in [6, 6.07) is 14.8. The van der Waals surface area contributed by atoms with Crippen LogP contribution in [0.15, 0.2) is 48.7 Å². The fourth-order valence-corrected chi connectivity index (χ4v) is 2.83. The van der Waals surface area contributed by atoms with E-state index >= 15 is 0 Å². The van der Waals surface area contributed by atoms with E-state index in [9.17, 15) is 0 Å². The van der Waals surface area contributed by atoms with Crippen molar-refractivity contribution in [1.82, 2.24) is 9.78 Å². The summed E-state index contributed by atoms with van der Waals surface area (Å²) in [4.78, 5) is 0. The molecule has 2 aromatic carbocycles. The Morgan fingerprint density at radius 1 is 1.05 bits per heavy atom. The number of nitrogens with one attached hydrogen (secondary N) is 1. The predicted molar refractivity (Wildman–Crippen MR) is 77.9 cm³/mol. The van der Waals surface area contributed by atoms with Gasteiger partial charge in [0.2, 0.25) is 0 Å². The molecule has 0 radical (unpaired) electrons. The number of para-hydroxylation sites is 2. The topological polar surface area (TPSA) is 29.9 Å². The van der Waals surface area contributed by atoms with Crippen LogP contribution in [-0.2, 0) is 6.42 Å². The second-order valence-corrected chi connectivity index (χ2v) is 4.96. The van der Waals surface area contributed by atoms with E-state index in [0.717, 1.165) is 24.2 Å². The minimum absolute atomic E-state index is 1.04. The fraction of sp³-hybridized carbons (Fsp3) is 0.188. The smallest absolute Gasteiger partial charge is 0.0887 e. The van der Waals surface area contributed by atoms with Crippen molar-refractivity contribution in [3.05, 3.63) is 54.2 Å². The lowest BCUT2D eigenvalue weighted by molar-refractivity contribution is 0.817. The Morgan fingerprint density at radius 3 is 3.00 bits per heavy atom. The van der Waals surface area contributed by atoms with E-state index in [2.05, 4.69) is 46.8 Å². The molecule has 0 spiro atoms. The van der Waals surface area contributed by atoms with Crippen molar-refractivity contribution in [3.63, 3.8) is 0 Å². The van der Waals surface area contributed by atoms with E-state index in [4.69, 9.17) is 0 Å². The normalized spacial score (nSPS) is 14.1. The fourth-order valence-electron chi connectivity index (χ4n) is 2.83. The van der Waals surface area contributed by atoms with Gasteiger partial charge in [-0.05, 0) is 30.5 Å². The molecule has 0 bridgehead atoms. The number of hydrogen-bond acceptors (Lipinski definition) is 2. The molecule has 0 saturated carbocycles. The molecule has 0 amide bonds. The highest BCUT2D eigenvalue weighted by Gasteiger charge is 2.15. The predicted octanol–water partition coefficient (Wildman–Crippen LogP) is 3.38. The molecule has 0 fully saturated rings. The molecule has 3 heteroatoms. The summed E-state index contributed by atoms with van der Waals surface area (Å²) in [6.45, 7) is 1.04. The molecule has 2 heterocycles. The molecule has 1 N–H and O–H groups in total. The highest BCUT2D eigenvalue weighted by atomic mass is 15.3. The zero-order valence-corrected chi connectivity index (χ0v) is 10.6. The maximum atomic E-state index is 4.55. The largest absolute Gasteiger partial charge is 0.383 e. The average molecular weight is 249 g/mol. The van der Waals surface area contributed by atoms with Crippen LogP contribution in [-0.4, -0.2) is 16.3 Å². The molecule has 19 heavy (non-hydrogen) atoms. The maximum absolute atomic E-state index is 4.55. The van der Waals surface area contributed by atoms with Crippen LogP contribution in [0.1, 0.15) is 12.0 Å². The van der Waals surface area contributed by atoms with Crippen molar-refractivity contribution in [3.8, 4) is 5.69 Å². The zero-order valence-electron chi connectivity index (χ0n) is 10.6. The third kappa shape index (κ3) is 1.62. The first-order chi connectivity index (χ1) is 9.43. The number of aromatic nitrogens is 2. The molecule has 0 atom stereocenters. The van der Waals surface area contributed by atoms with Gasteiger partial charge in [-0.25, -0.2) is 4.68 Å². The molecule has 0 aliphatic carbocycles. The van der Waals surface area contributed by atoms with Crippen molar-refractivity contribution < 1.29 is 0 Å². The van der Waals surface area contributed by atoms with Gasteiger partial charge in [0, 0.05) is 11.9 Å². The standard InChI is InChI=1S/C16H15N3/c1-2-8-14-13(5-1)11-18-19(14)15-9-3-6-12-7-4-10-17-16(12)15/h1-3,5-6,8-9,11,17H,4,7,10H2. The van der Waals surface area contributed by atoms with Crippen molar-refractivity contribution in [2.24, 2.45) is 0 Å². The number of anilines is 1. The summed E-state index contributed by atoms with van der Waals surface area (Å²) >= 11 is 0. The van der Waals surface area contributed by atoms with Gasteiger partial charge in [-0.3, -0.25) is 0 Å². The average Bonchev–Trinajstić information content (AvgIpc) is 2.90. The zero-order chi connectivity index (χ0) is 12.7. The summed E-state index contributed by atoms with van der Waals surface area (Å²) in [5, 5.41) is 9.25. The van der Waals surface area contributed by atoms with E-state index in [1.165, 1.54) is 23.1 Å². The summed E-state index contributed by atoms with van der Waals surface area (Å²) in [5.74, 6) is 0. The van der Waals surface area contributed by atoms with Crippen LogP contribution >= 0.6 is 0 Å². The van der Waals surface area contributed by atoms with Crippen molar-refractivity contribution in [2.45, 2.75) is 12.8 Å². The highest BCUT2D eigenvalue weighted by Crippen LogP contribution is 2.30. The van der Waals surface area contributed by atoms with Crippen molar-refractivity contribution in [1.29, 1.82) is 0 Å². The SMILES string of the molecule is c1cc2c(c(-n3ncc4ccccc43)c1)NCCC2. The van der Waals surface area contributed by atoms with Gasteiger partial charge in [0.1, 0.15) is 0 Å².